The molecule has 0 bridgehead atoms. The van der Waals surface area contributed by atoms with E-state index in [2.05, 4.69) is 203 Å². The highest BCUT2D eigenvalue weighted by molar-refractivity contribution is 5.71. The van der Waals surface area contributed by atoms with Crippen molar-refractivity contribution in [3.05, 3.63) is 182 Å². The highest BCUT2D eigenvalue weighted by Gasteiger charge is 2.19. The molecule has 0 saturated carbocycles. The molecular formula is C75H116O6. The van der Waals surface area contributed by atoms with Crippen molar-refractivity contribution in [2.24, 2.45) is 0 Å². The van der Waals surface area contributed by atoms with E-state index in [0.29, 0.717) is 19.3 Å². The molecular weight excluding hydrogens is 997 g/mol. The Hall–Kier alpha value is -5.49. The summed E-state index contributed by atoms with van der Waals surface area (Å²) in [5, 5.41) is 0. The SMILES string of the molecule is CC/C=C\C/C=C\C/C=C\C/C=C\C/C=C\CCCCCCCCCC(=O)OCC(COC(=O)CCC/C=C\C/C=C\C/C=C\C/C=C\C/C=C\CC)OC(=O)CCCCCCCCC/C=C\C/C=C\C/C=C\C/C=C\C/C=C\CC. The van der Waals surface area contributed by atoms with Gasteiger partial charge in [-0.2, -0.15) is 0 Å². The monoisotopic (exact) mass is 1110 g/mol. The molecule has 6 heteroatoms. The summed E-state index contributed by atoms with van der Waals surface area (Å²) >= 11 is 0. The van der Waals surface area contributed by atoms with Gasteiger partial charge in [-0.05, 0) is 148 Å². The van der Waals surface area contributed by atoms with Gasteiger partial charge in [0, 0.05) is 19.3 Å². The van der Waals surface area contributed by atoms with Gasteiger partial charge in [0.1, 0.15) is 13.2 Å². The van der Waals surface area contributed by atoms with Crippen molar-refractivity contribution in [2.75, 3.05) is 13.2 Å². The third kappa shape index (κ3) is 65.2. The fourth-order valence-electron chi connectivity index (χ4n) is 8.18. The van der Waals surface area contributed by atoms with Crippen molar-refractivity contribution in [1.29, 1.82) is 0 Å². The van der Waals surface area contributed by atoms with E-state index in [4.69, 9.17) is 14.2 Å². The molecule has 452 valence electrons. The molecule has 0 amide bonds. The Morgan fingerprint density at radius 3 is 0.741 bits per heavy atom. The molecule has 0 aromatic heterocycles. The molecule has 0 rings (SSSR count). The number of ether oxygens (including phenoxy) is 3. The van der Waals surface area contributed by atoms with Gasteiger partial charge in [0.25, 0.3) is 0 Å². The second kappa shape index (κ2) is 67.0. The molecule has 0 saturated heterocycles. The molecule has 6 nitrogen and oxygen atoms in total. The quantitative estimate of drug-likeness (QED) is 0.0261. The van der Waals surface area contributed by atoms with Crippen LogP contribution in [0, 0.1) is 0 Å². The molecule has 81 heavy (non-hydrogen) atoms. The third-order valence-corrected chi connectivity index (χ3v) is 12.9. The summed E-state index contributed by atoms with van der Waals surface area (Å²) in [6, 6.07) is 0. The van der Waals surface area contributed by atoms with Gasteiger partial charge in [0.2, 0.25) is 0 Å². The number of allylic oxidation sites excluding steroid dienone is 30. The van der Waals surface area contributed by atoms with Crippen LogP contribution < -0.4 is 0 Å². The van der Waals surface area contributed by atoms with Crippen LogP contribution in [0.2, 0.25) is 0 Å². The summed E-state index contributed by atoms with van der Waals surface area (Å²) < 4.78 is 16.9. The molecule has 0 aromatic carbocycles. The maximum absolute atomic E-state index is 12.9. The molecule has 0 aliphatic carbocycles. The standard InChI is InChI=1S/C75H116O6/c1-4-7-10-13-16-19-22-25-28-31-33-35-37-39-41-44-47-50-53-56-59-62-65-68-74(77)80-71-72(70-79-73(76)67-64-61-58-55-52-49-46-43-30-27-24-21-18-15-12-9-6-3)81-75(78)69-66-63-60-57-54-51-48-45-42-40-38-36-34-32-29-26-23-20-17-14-11-8-5-2/h7-12,16-21,25-30,33-36,39-42,46,49,55,58,72H,4-6,13-15,22-24,31-32,37-38,43-45,47-48,50-54,56-57,59-71H2,1-3H3/b10-7-,11-8-,12-9-,19-16-,20-17-,21-18-,28-25-,29-26-,30-27-,35-33-,36-34-,41-39-,42-40-,49-46-,58-55-. The maximum atomic E-state index is 12.9. The van der Waals surface area contributed by atoms with Gasteiger partial charge < -0.3 is 14.2 Å². The molecule has 0 radical (unpaired) electrons. The van der Waals surface area contributed by atoms with E-state index in [-0.39, 0.29) is 37.5 Å². The second-order valence-corrected chi connectivity index (χ2v) is 20.5. The first-order valence-electron chi connectivity index (χ1n) is 32.3. The van der Waals surface area contributed by atoms with Crippen molar-refractivity contribution >= 4 is 17.9 Å². The Balaban J connectivity index is 4.54. The van der Waals surface area contributed by atoms with Gasteiger partial charge in [-0.15, -0.1) is 0 Å². The maximum Gasteiger partial charge on any atom is 0.306 e. The Bertz CT molecular complexity index is 1900. The highest BCUT2D eigenvalue weighted by Crippen LogP contribution is 2.14. The molecule has 1 atom stereocenters. The zero-order valence-corrected chi connectivity index (χ0v) is 51.7. The van der Waals surface area contributed by atoms with Crippen molar-refractivity contribution in [2.45, 2.75) is 258 Å². The minimum atomic E-state index is -0.825. The first-order chi connectivity index (χ1) is 40.0. The van der Waals surface area contributed by atoms with Gasteiger partial charge in [-0.3, -0.25) is 14.4 Å². The highest BCUT2D eigenvalue weighted by atomic mass is 16.6. The number of unbranched alkanes of at least 4 members (excludes halogenated alkanes) is 15. The largest absolute Gasteiger partial charge is 0.462 e. The number of hydrogen-bond acceptors (Lipinski definition) is 6. The Kier molecular flexibility index (Phi) is 62.5. The molecule has 0 aliphatic rings. The summed E-state index contributed by atoms with van der Waals surface area (Å²) in [5.74, 6) is -1.00. The molecule has 0 fully saturated rings. The molecule has 0 aromatic rings. The number of rotatable bonds is 56. The summed E-state index contributed by atoms with van der Waals surface area (Å²) in [7, 11) is 0. The first-order valence-corrected chi connectivity index (χ1v) is 32.3. The second-order valence-electron chi connectivity index (χ2n) is 20.5. The lowest BCUT2D eigenvalue weighted by molar-refractivity contribution is -0.167. The van der Waals surface area contributed by atoms with E-state index >= 15 is 0 Å². The number of carbonyl (C=O) groups excluding carboxylic acids is 3. The summed E-state index contributed by atoms with van der Waals surface area (Å²) in [4.78, 5) is 38.4. The van der Waals surface area contributed by atoms with Gasteiger partial charge >= 0.3 is 17.9 Å². The van der Waals surface area contributed by atoms with Crippen LogP contribution in [0.3, 0.4) is 0 Å². The van der Waals surface area contributed by atoms with Crippen LogP contribution in [0.5, 0.6) is 0 Å². The van der Waals surface area contributed by atoms with Crippen LogP contribution in [0.15, 0.2) is 182 Å². The zero-order valence-electron chi connectivity index (χ0n) is 51.7. The minimum Gasteiger partial charge on any atom is -0.462 e. The Morgan fingerprint density at radius 2 is 0.457 bits per heavy atom. The predicted molar refractivity (Wildman–Crippen MR) is 352 cm³/mol. The van der Waals surface area contributed by atoms with Gasteiger partial charge in [0.05, 0.1) is 0 Å². The average molecular weight is 1110 g/mol. The van der Waals surface area contributed by atoms with Gasteiger partial charge in [-0.1, -0.05) is 267 Å². The van der Waals surface area contributed by atoms with E-state index in [9.17, 15) is 14.4 Å². The zero-order chi connectivity index (χ0) is 58.5. The smallest absolute Gasteiger partial charge is 0.306 e. The van der Waals surface area contributed by atoms with Crippen molar-refractivity contribution < 1.29 is 28.6 Å². The first kappa shape index (κ1) is 75.5. The summed E-state index contributed by atoms with van der Waals surface area (Å²) in [6.45, 7) is 6.23. The van der Waals surface area contributed by atoms with E-state index < -0.39 is 6.10 Å². The van der Waals surface area contributed by atoms with Crippen LogP contribution in [-0.4, -0.2) is 37.2 Å². The Labute approximate surface area is 497 Å². The van der Waals surface area contributed by atoms with Crippen LogP contribution in [0.1, 0.15) is 252 Å². The summed E-state index contributed by atoms with van der Waals surface area (Å²) in [6.07, 6.45) is 100. The van der Waals surface area contributed by atoms with Gasteiger partial charge in [0.15, 0.2) is 6.10 Å². The van der Waals surface area contributed by atoms with E-state index in [1.165, 1.54) is 44.9 Å². The van der Waals surface area contributed by atoms with Crippen LogP contribution in [0.4, 0.5) is 0 Å². The van der Waals surface area contributed by atoms with Crippen molar-refractivity contribution in [1.82, 2.24) is 0 Å². The third-order valence-electron chi connectivity index (χ3n) is 12.9. The van der Waals surface area contributed by atoms with E-state index in [1.807, 2.05) is 0 Å². The summed E-state index contributed by atoms with van der Waals surface area (Å²) in [5.41, 5.74) is 0. The minimum absolute atomic E-state index is 0.116. The molecule has 0 N–H and O–H groups in total. The fourth-order valence-corrected chi connectivity index (χ4v) is 8.18. The Morgan fingerprint density at radius 1 is 0.247 bits per heavy atom. The molecule has 0 aliphatic heterocycles. The molecule has 0 spiro atoms. The van der Waals surface area contributed by atoms with Gasteiger partial charge in [-0.25, -0.2) is 0 Å². The molecule has 1 unspecified atom stereocenters. The number of hydrogen-bond donors (Lipinski definition) is 0. The van der Waals surface area contributed by atoms with E-state index in [0.717, 1.165) is 161 Å². The topological polar surface area (TPSA) is 78.9 Å². The van der Waals surface area contributed by atoms with Crippen LogP contribution in [-0.2, 0) is 28.6 Å². The normalized spacial score (nSPS) is 13.4. The van der Waals surface area contributed by atoms with Crippen molar-refractivity contribution in [3.63, 3.8) is 0 Å². The predicted octanol–water partition coefficient (Wildman–Crippen LogP) is 22.4. The number of esters is 3. The lowest BCUT2D eigenvalue weighted by Crippen LogP contribution is -2.30. The lowest BCUT2D eigenvalue weighted by Gasteiger charge is -2.18. The number of carbonyl (C=O) groups is 3. The fraction of sp³-hybridized carbons (Fsp3) is 0.560. The van der Waals surface area contributed by atoms with Crippen LogP contribution >= 0.6 is 0 Å². The average Bonchev–Trinajstić information content (AvgIpc) is 3.47. The van der Waals surface area contributed by atoms with Crippen LogP contribution in [0.25, 0.3) is 0 Å². The molecule has 0 heterocycles. The lowest BCUT2D eigenvalue weighted by atomic mass is 10.1. The van der Waals surface area contributed by atoms with E-state index in [1.54, 1.807) is 0 Å². The van der Waals surface area contributed by atoms with Crippen molar-refractivity contribution in [3.8, 4) is 0 Å².